The first kappa shape index (κ1) is 25.9. The van der Waals surface area contributed by atoms with Crippen molar-refractivity contribution < 1.29 is 22.3 Å². The largest absolute Gasteiger partial charge is 0.490 e. The van der Waals surface area contributed by atoms with Crippen LogP contribution in [0.5, 0.6) is 11.5 Å². The number of nitriles is 1. The van der Waals surface area contributed by atoms with Crippen LogP contribution in [0, 0.1) is 11.3 Å². The molecule has 7 nitrogen and oxygen atoms in total. The molecule has 0 spiro atoms. The van der Waals surface area contributed by atoms with Crippen LogP contribution in [-0.2, 0) is 21.9 Å². The minimum Gasteiger partial charge on any atom is -0.490 e. The van der Waals surface area contributed by atoms with Crippen molar-refractivity contribution in [3.63, 3.8) is 0 Å². The summed E-state index contributed by atoms with van der Waals surface area (Å²) in [5.41, 5.74) is 1.42. The van der Waals surface area contributed by atoms with Gasteiger partial charge in [-0.1, -0.05) is 50.0 Å². The molecule has 3 rings (SSSR count). The number of oxazole rings is 1. The summed E-state index contributed by atoms with van der Waals surface area (Å²) < 4.78 is 40.1. The van der Waals surface area contributed by atoms with E-state index in [1.54, 1.807) is 12.1 Å². The molecule has 1 heterocycles. The summed E-state index contributed by atoms with van der Waals surface area (Å²) in [4.78, 5) is 3.73. The van der Waals surface area contributed by atoms with Crippen molar-refractivity contribution in [2.75, 3.05) is 12.9 Å². The van der Waals surface area contributed by atoms with Gasteiger partial charge >= 0.3 is 0 Å². The number of aromatic nitrogens is 1. The van der Waals surface area contributed by atoms with Gasteiger partial charge in [0.05, 0.1) is 22.2 Å². The third-order valence-electron chi connectivity index (χ3n) is 5.31. The molecule has 0 saturated carbocycles. The maximum atomic E-state index is 11.8. The zero-order valence-electron chi connectivity index (χ0n) is 19.2. The Bertz CT molecular complexity index is 1320. The van der Waals surface area contributed by atoms with Gasteiger partial charge in [0, 0.05) is 11.7 Å². The molecule has 10 heteroatoms. The van der Waals surface area contributed by atoms with Crippen LogP contribution in [0.1, 0.15) is 49.6 Å². The summed E-state index contributed by atoms with van der Waals surface area (Å²) in [5.74, 6) is 0.801. The lowest BCUT2D eigenvalue weighted by molar-refractivity contribution is 0.264. The fraction of sp³-hybridized carbons (Fsp3) is 0.333. The quantitative estimate of drug-likeness (QED) is 0.342. The Morgan fingerprint density at radius 1 is 1.12 bits per heavy atom. The molecule has 0 amide bonds. The van der Waals surface area contributed by atoms with Crippen molar-refractivity contribution in [1.82, 2.24) is 4.98 Å². The highest BCUT2D eigenvalue weighted by molar-refractivity contribution is 7.90. The van der Waals surface area contributed by atoms with E-state index < -0.39 is 15.3 Å². The molecule has 0 bridgehead atoms. The molecule has 0 aliphatic rings. The van der Waals surface area contributed by atoms with E-state index in [9.17, 15) is 13.7 Å². The van der Waals surface area contributed by atoms with Crippen LogP contribution in [0.2, 0.25) is 10.0 Å². The number of halogens is 2. The normalized spacial score (nSPS) is 11.8. The molecule has 2 aromatic carbocycles. The number of ether oxygens (including phenoxy) is 2. The van der Waals surface area contributed by atoms with Crippen LogP contribution < -0.4 is 9.47 Å². The third-order valence-corrected chi connectivity index (χ3v) is 6.90. The van der Waals surface area contributed by atoms with Crippen LogP contribution in [-0.4, -0.2) is 26.3 Å². The van der Waals surface area contributed by atoms with E-state index in [-0.39, 0.29) is 28.7 Å². The lowest BCUT2D eigenvalue weighted by atomic mass is 9.77. The molecule has 0 radical (unpaired) electrons. The summed E-state index contributed by atoms with van der Waals surface area (Å²) in [6.45, 7) is 6.30. The molecule has 34 heavy (non-hydrogen) atoms. The molecule has 180 valence electrons. The molecule has 1 aromatic heterocycles. The van der Waals surface area contributed by atoms with Gasteiger partial charge < -0.3 is 13.9 Å². The van der Waals surface area contributed by atoms with Crippen molar-refractivity contribution in [3.05, 3.63) is 69.2 Å². The number of sulfone groups is 1. The van der Waals surface area contributed by atoms with E-state index in [1.165, 1.54) is 0 Å². The average molecular weight is 523 g/mol. The van der Waals surface area contributed by atoms with Gasteiger partial charge in [-0.15, -0.1) is 0 Å². The van der Waals surface area contributed by atoms with Crippen LogP contribution in [0.15, 0.2) is 46.2 Å². The zero-order chi connectivity index (χ0) is 25.1. The number of rotatable bonds is 9. The topological polar surface area (TPSA) is 102 Å². The first-order valence-electron chi connectivity index (χ1n) is 10.4. The second-order valence-electron chi connectivity index (χ2n) is 8.21. The Kier molecular flexibility index (Phi) is 7.81. The fourth-order valence-electron chi connectivity index (χ4n) is 3.36. The monoisotopic (exact) mass is 522 g/mol. The van der Waals surface area contributed by atoms with Gasteiger partial charge in [-0.2, -0.15) is 5.26 Å². The van der Waals surface area contributed by atoms with Crippen molar-refractivity contribution in [3.8, 4) is 17.6 Å². The Morgan fingerprint density at radius 3 is 2.38 bits per heavy atom. The van der Waals surface area contributed by atoms with Gasteiger partial charge in [0.25, 0.3) is 0 Å². The van der Waals surface area contributed by atoms with Crippen LogP contribution in [0.25, 0.3) is 0 Å². The minimum atomic E-state index is -3.56. The molecule has 0 aliphatic carbocycles. The smallest absolute Gasteiger partial charge is 0.200 e. The maximum Gasteiger partial charge on any atom is 0.200 e. The predicted octanol–water partition coefficient (Wildman–Crippen LogP) is 5.95. The molecule has 0 N–H and O–H groups in total. The van der Waals surface area contributed by atoms with Gasteiger partial charge in [0.2, 0.25) is 0 Å². The maximum absolute atomic E-state index is 11.8. The predicted molar refractivity (Wildman–Crippen MR) is 129 cm³/mol. The zero-order valence-corrected chi connectivity index (χ0v) is 21.5. The van der Waals surface area contributed by atoms with E-state index in [0.29, 0.717) is 22.4 Å². The Hall–Kier alpha value is -2.73. The molecule has 0 aliphatic heterocycles. The molecule has 0 unspecified atom stereocenters. The third kappa shape index (κ3) is 5.49. The lowest BCUT2D eigenvalue weighted by Gasteiger charge is -2.27. The Morgan fingerprint density at radius 2 is 1.79 bits per heavy atom. The summed E-state index contributed by atoms with van der Waals surface area (Å²) in [5, 5.41) is 10.3. The summed E-state index contributed by atoms with van der Waals surface area (Å²) in [7, 11) is -3.56. The van der Waals surface area contributed by atoms with Crippen LogP contribution >= 0.6 is 23.2 Å². The van der Waals surface area contributed by atoms with E-state index >= 15 is 0 Å². The number of nitrogens with zero attached hydrogens (tertiary/aromatic N) is 2. The van der Waals surface area contributed by atoms with E-state index in [2.05, 4.69) is 11.1 Å². The van der Waals surface area contributed by atoms with Crippen LogP contribution in [0.4, 0.5) is 0 Å². The van der Waals surface area contributed by atoms with Crippen molar-refractivity contribution >= 4 is 33.0 Å². The molecular weight excluding hydrogens is 499 g/mol. The molecule has 0 fully saturated rings. The number of benzene rings is 2. The van der Waals surface area contributed by atoms with Crippen LogP contribution in [0.3, 0.4) is 0 Å². The van der Waals surface area contributed by atoms with E-state index in [0.717, 1.165) is 30.2 Å². The second-order valence-corrected chi connectivity index (χ2v) is 11.0. The minimum absolute atomic E-state index is 0.0606. The van der Waals surface area contributed by atoms with Crippen molar-refractivity contribution in [2.24, 2.45) is 0 Å². The van der Waals surface area contributed by atoms with Crippen molar-refractivity contribution in [1.29, 1.82) is 5.26 Å². The molecular formula is C24H24Cl2N2O5S. The van der Waals surface area contributed by atoms with Gasteiger partial charge in [-0.3, -0.25) is 0 Å². The van der Waals surface area contributed by atoms with E-state index in [4.69, 9.17) is 37.1 Å². The van der Waals surface area contributed by atoms with Crippen molar-refractivity contribution in [2.45, 2.75) is 44.2 Å². The highest BCUT2D eigenvalue weighted by Gasteiger charge is 2.27. The Balaban J connectivity index is 1.89. The molecule has 0 atom stereocenters. The lowest BCUT2D eigenvalue weighted by Crippen LogP contribution is -2.19. The van der Waals surface area contributed by atoms with E-state index in [1.807, 2.05) is 39.0 Å². The molecule has 3 aromatic rings. The van der Waals surface area contributed by atoms with Gasteiger partial charge in [-0.25, -0.2) is 13.4 Å². The number of hydrogen-bond donors (Lipinski definition) is 0. The fourth-order valence-corrected chi connectivity index (χ4v) is 4.71. The first-order valence-corrected chi connectivity index (χ1v) is 13.1. The van der Waals surface area contributed by atoms with Gasteiger partial charge in [0.15, 0.2) is 32.8 Å². The highest BCUT2D eigenvalue weighted by Crippen LogP contribution is 2.41. The summed E-state index contributed by atoms with van der Waals surface area (Å²) in [6, 6.07) is 11.0. The Labute approximate surface area is 209 Å². The second kappa shape index (κ2) is 10.3. The van der Waals surface area contributed by atoms with Gasteiger partial charge in [0.1, 0.15) is 18.4 Å². The average Bonchev–Trinajstić information content (AvgIpc) is 3.26. The summed E-state index contributed by atoms with van der Waals surface area (Å²) >= 11 is 12.9. The van der Waals surface area contributed by atoms with Gasteiger partial charge in [-0.05, 0) is 41.8 Å². The summed E-state index contributed by atoms with van der Waals surface area (Å²) in [6.07, 6.45) is 2.91. The highest BCUT2D eigenvalue weighted by atomic mass is 35.5. The first-order chi connectivity index (χ1) is 16.0. The SMILES string of the molecule is CCCOc1c(Cl)cc(C(C)(C)c2ccc(OCc3ocnc3S(C)(=O)=O)c(C#N)c2)cc1Cl. The standard InChI is InChI=1S/C24H24Cl2N2O5S/c1-5-8-31-22-18(25)10-17(11-19(22)26)24(2,3)16-6-7-20(15(9-16)12-27)32-13-21-23(28-14-33-21)34(4,29)30/h6-7,9-11,14H,5,8,13H2,1-4H3. The molecule has 0 saturated heterocycles. The number of hydrogen-bond acceptors (Lipinski definition) is 7.